The van der Waals surface area contributed by atoms with Gasteiger partial charge in [0.2, 0.25) is 11.8 Å². The van der Waals surface area contributed by atoms with E-state index >= 15 is 0 Å². The van der Waals surface area contributed by atoms with E-state index in [1.807, 2.05) is 61.5 Å². The summed E-state index contributed by atoms with van der Waals surface area (Å²) < 4.78 is 5.55. The van der Waals surface area contributed by atoms with Crippen molar-refractivity contribution in [1.29, 1.82) is 0 Å². The fourth-order valence-corrected chi connectivity index (χ4v) is 2.63. The summed E-state index contributed by atoms with van der Waals surface area (Å²) in [7, 11) is 1.65. The van der Waals surface area contributed by atoms with Gasteiger partial charge in [-0.1, -0.05) is 48.0 Å². The predicted octanol–water partition coefficient (Wildman–Crippen LogP) is 3.25. The maximum absolute atomic E-state index is 12.0. The molecule has 8 heteroatoms. The van der Waals surface area contributed by atoms with Crippen LogP contribution in [0, 0.1) is 6.92 Å². The molecule has 7 nitrogen and oxygen atoms in total. The fraction of sp³-hybridized carbons (Fsp3) is 0.227. The van der Waals surface area contributed by atoms with Crippen LogP contribution < -0.4 is 16.0 Å². The zero-order valence-electron chi connectivity index (χ0n) is 17.0. The Labute approximate surface area is 193 Å². The lowest BCUT2D eigenvalue weighted by Crippen LogP contribution is -2.42. The SMILES string of the molecule is CN=C(NCC(=O)NCc1ccccc1)NCc1coc(-c2ccc(C)cc2)n1.I. The molecule has 30 heavy (non-hydrogen) atoms. The molecule has 3 rings (SSSR count). The minimum Gasteiger partial charge on any atom is -0.444 e. The number of aliphatic imine (C=N–C) groups is 1. The van der Waals surface area contributed by atoms with E-state index in [0.717, 1.165) is 16.8 Å². The van der Waals surface area contributed by atoms with Crippen LogP contribution >= 0.6 is 24.0 Å². The van der Waals surface area contributed by atoms with Crippen molar-refractivity contribution in [1.82, 2.24) is 20.9 Å². The van der Waals surface area contributed by atoms with Crippen LogP contribution in [0.1, 0.15) is 16.8 Å². The second kappa shape index (κ2) is 12.0. The van der Waals surface area contributed by atoms with E-state index in [1.54, 1.807) is 13.3 Å². The summed E-state index contributed by atoms with van der Waals surface area (Å²) in [6.07, 6.45) is 1.61. The second-order valence-corrected chi connectivity index (χ2v) is 6.55. The molecule has 0 radical (unpaired) electrons. The first-order chi connectivity index (χ1) is 14.1. The van der Waals surface area contributed by atoms with Gasteiger partial charge < -0.3 is 20.4 Å². The van der Waals surface area contributed by atoms with Crippen LogP contribution in [-0.2, 0) is 17.9 Å². The van der Waals surface area contributed by atoms with E-state index in [-0.39, 0.29) is 36.4 Å². The standard InChI is InChI=1S/C22H25N5O2.HI/c1-16-8-10-18(11-9-16)21-27-19(15-29-21)13-25-22(23-2)26-14-20(28)24-12-17-6-4-3-5-7-17;/h3-11,15H,12-14H2,1-2H3,(H,24,28)(H2,23,25,26);1H. The van der Waals surface area contributed by atoms with Crippen molar-refractivity contribution in [3.05, 3.63) is 77.7 Å². The number of benzene rings is 2. The van der Waals surface area contributed by atoms with Gasteiger partial charge >= 0.3 is 0 Å². The number of hydrogen-bond donors (Lipinski definition) is 3. The fourth-order valence-electron chi connectivity index (χ4n) is 2.63. The van der Waals surface area contributed by atoms with Crippen molar-refractivity contribution in [2.75, 3.05) is 13.6 Å². The quantitative estimate of drug-likeness (QED) is 0.253. The second-order valence-electron chi connectivity index (χ2n) is 6.55. The van der Waals surface area contributed by atoms with Gasteiger partial charge in [-0.15, -0.1) is 24.0 Å². The molecule has 1 amide bonds. The summed E-state index contributed by atoms with van der Waals surface area (Å²) in [5.41, 5.74) is 3.92. The van der Waals surface area contributed by atoms with Crippen LogP contribution in [0.2, 0.25) is 0 Å². The largest absolute Gasteiger partial charge is 0.444 e. The number of carbonyl (C=O) groups excluding carboxylic acids is 1. The average molecular weight is 519 g/mol. The number of hydrogen-bond acceptors (Lipinski definition) is 4. The van der Waals surface area contributed by atoms with Crippen molar-refractivity contribution < 1.29 is 9.21 Å². The third kappa shape index (κ3) is 7.18. The maximum Gasteiger partial charge on any atom is 0.239 e. The monoisotopic (exact) mass is 519 g/mol. The third-order valence-corrected chi connectivity index (χ3v) is 4.26. The van der Waals surface area contributed by atoms with E-state index in [9.17, 15) is 4.79 Å². The lowest BCUT2D eigenvalue weighted by molar-refractivity contribution is -0.120. The number of amides is 1. The third-order valence-electron chi connectivity index (χ3n) is 4.26. The molecule has 0 bridgehead atoms. The Morgan fingerprint density at radius 2 is 1.73 bits per heavy atom. The van der Waals surface area contributed by atoms with Gasteiger partial charge in [-0.2, -0.15) is 0 Å². The molecule has 2 aromatic carbocycles. The van der Waals surface area contributed by atoms with Crippen LogP contribution in [0.15, 0.2) is 70.3 Å². The van der Waals surface area contributed by atoms with Gasteiger partial charge in [0.1, 0.15) is 6.26 Å². The number of rotatable bonds is 7. The molecule has 0 saturated carbocycles. The Morgan fingerprint density at radius 1 is 1.00 bits per heavy atom. The maximum atomic E-state index is 12.0. The van der Waals surface area contributed by atoms with Crippen molar-refractivity contribution >= 4 is 35.8 Å². The molecular formula is C22H26IN5O2. The summed E-state index contributed by atoms with van der Waals surface area (Å²) in [6.45, 7) is 3.09. The van der Waals surface area contributed by atoms with Crippen molar-refractivity contribution in [3.8, 4) is 11.5 Å². The number of aromatic nitrogens is 1. The van der Waals surface area contributed by atoms with Crippen LogP contribution in [0.5, 0.6) is 0 Å². The number of guanidine groups is 1. The Bertz CT molecular complexity index is 955. The molecule has 0 aliphatic heterocycles. The van der Waals surface area contributed by atoms with Gasteiger partial charge in [0.25, 0.3) is 0 Å². The molecule has 158 valence electrons. The van der Waals surface area contributed by atoms with Gasteiger partial charge in [0.15, 0.2) is 5.96 Å². The molecule has 1 aromatic heterocycles. The van der Waals surface area contributed by atoms with Crippen molar-refractivity contribution in [2.45, 2.75) is 20.0 Å². The first kappa shape index (κ1) is 23.4. The topological polar surface area (TPSA) is 91.5 Å². The summed E-state index contributed by atoms with van der Waals surface area (Å²) >= 11 is 0. The lowest BCUT2D eigenvalue weighted by Gasteiger charge is -2.11. The molecule has 0 atom stereocenters. The number of halogens is 1. The molecule has 0 fully saturated rings. The summed E-state index contributed by atoms with van der Waals surface area (Å²) in [6, 6.07) is 17.8. The number of nitrogens with zero attached hydrogens (tertiary/aromatic N) is 2. The molecule has 0 unspecified atom stereocenters. The highest BCUT2D eigenvalue weighted by atomic mass is 127. The van der Waals surface area contributed by atoms with Crippen LogP contribution in [0.4, 0.5) is 0 Å². The Balaban J connectivity index is 0.00000320. The van der Waals surface area contributed by atoms with Gasteiger partial charge in [0.05, 0.1) is 18.8 Å². The Morgan fingerprint density at radius 3 is 2.43 bits per heavy atom. The van der Waals surface area contributed by atoms with E-state index in [2.05, 4.69) is 25.9 Å². The minimum absolute atomic E-state index is 0. The van der Waals surface area contributed by atoms with E-state index < -0.39 is 0 Å². The molecule has 3 aromatic rings. The molecule has 0 aliphatic rings. The average Bonchev–Trinajstić information content (AvgIpc) is 3.22. The smallest absolute Gasteiger partial charge is 0.239 e. The minimum atomic E-state index is -0.111. The number of oxazole rings is 1. The highest BCUT2D eigenvalue weighted by Crippen LogP contribution is 2.18. The van der Waals surface area contributed by atoms with E-state index in [1.165, 1.54) is 5.56 Å². The number of nitrogens with one attached hydrogen (secondary N) is 3. The molecule has 0 saturated heterocycles. The van der Waals surface area contributed by atoms with Gasteiger partial charge in [-0.3, -0.25) is 9.79 Å². The molecule has 0 aliphatic carbocycles. The van der Waals surface area contributed by atoms with Crippen LogP contribution in [0.3, 0.4) is 0 Å². The highest BCUT2D eigenvalue weighted by Gasteiger charge is 2.08. The van der Waals surface area contributed by atoms with E-state index in [0.29, 0.717) is 24.9 Å². The zero-order valence-corrected chi connectivity index (χ0v) is 19.3. The number of carbonyl (C=O) groups is 1. The van der Waals surface area contributed by atoms with Crippen molar-refractivity contribution in [2.24, 2.45) is 4.99 Å². The predicted molar refractivity (Wildman–Crippen MR) is 129 cm³/mol. The van der Waals surface area contributed by atoms with Gasteiger partial charge in [0, 0.05) is 19.2 Å². The summed E-state index contributed by atoms with van der Waals surface area (Å²) in [4.78, 5) is 20.6. The van der Waals surface area contributed by atoms with Crippen LogP contribution in [-0.4, -0.2) is 30.4 Å². The Hall–Kier alpha value is -2.88. The number of aryl methyl sites for hydroxylation is 1. The molecule has 0 spiro atoms. The highest BCUT2D eigenvalue weighted by molar-refractivity contribution is 14.0. The normalized spacial score (nSPS) is 10.8. The molecule has 3 N–H and O–H groups in total. The van der Waals surface area contributed by atoms with Crippen LogP contribution in [0.25, 0.3) is 11.5 Å². The summed E-state index contributed by atoms with van der Waals surface area (Å²) in [5, 5.41) is 8.98. The lowest BCUT2D eigenvalue weighted by atomic mass is 10.1. The first-order valence-electron chi connectivity index (χ1n) is 9.40. The van der Waals surface area contributed by atoms with Crippen molar-refractivity contribution in [3.63, 3.8) is 0 Å². The summed E-state index contributed by atoms with van der Waals surface area (Å²) in [5.74, 6) is 0.977. The van der Waals surface area contributed by atoms with E-state index in [4.69, 9.17) is 4.42 Å². The Kier molecular flexibility index (Phi) is 9.33. The molecular weight excluding hydrogens is 493 g/mol. The first-order valence-corrected chi connectivity index (χ1v) is 9.40. The van der Waals surface area contributed by atoms with Gasteiger partial charge in [-0.05, 0) is 24.6 Å². The van der Waals surface area contributed by atoms with Gasteiger partial charge in [-0.25, -0.2) is 4.98 Å². The molecule has 1 heterocycles. The zero-order chi connectivity index (χ0) is 20.5.